The second-order valence-electron chi connectivity index (χ2n) is 6.42. The molecule has 0 aliphatic heterocycles. The Hall–Kier alpha value is -4.76. The summed E-state index contributed by atoms with van der Waals surface area (Å²) in [5.41, 5.74) is -0.0993. The fraction of sp³-hybridized carbons (Fsp3) is 0.167. The van der Waals surface area contributed by atoms with E-state index < -0.39 is 23.7 Å². The molecule has 168 valence electrons. The maximum absolute atomic E-state index is 12.8. The second kappa shape index (κ2) is 11.6. The first-order valence-corrected chi connectivity index (χ1v) is 9.55. The smallest absolute Gasteiger partial charge is 0.337 e. The first kappa shape index (κ1) is 24.5. The fourth-order valence-electron chi connectivity index (χ4n) is 2.80. The molecule has 33 heavy (non-hydrogen) atoms. The van der Waals surface area contributed by atoms with E-state index in [2.05, 4.69) is 5.32 Å². The molecule has 9 heteroatoms. The van der Waals surface area contributed by atoms with Crippen LogP contribution < -0.4 is 14.8 Å². The van der Waals surface area contributed by atoms with Crippen LogP contribution in [0.5, 0.6) is 11.5 Å². The Morgan fingerprint density at radius 2 is 1.82 bits per heavy atom. The zero-order valence-electron chi connectivity index (χ0n) is 17.7. The van der Waals surface area contributed by atoms with Crippen molar-refractivity contribution in [2.24, 2.45) is 0 Å². The number of hydrogen-bond acceptors (Lipinski definition) is 6. The predicted octanol–water partition coefficient (Wildman–Crippen LogP) is 2.04. The standard InChI is InChI=1S/C24H20N2O7/c1-4-20(27)25-22-18(24(30)31)11-7-12-19(22)33-14-8-13-26(21(28)5-2)23(29)16-9-6-10-17(15-16)32-3/h1-2,6-7,9-12,15H,8,13-14H2,3H3,(H,25,27)(H,30,31). The molecule has 0 spiro atoms. The van der Waals surface area contributed by atoms with Crippen molar-refractivity contribution in [1.29, 1.82) is 0 Å². The number of carboxylic acid groups (broad SMARTS) is 1. The lowest BCUT2D eigenvalue weighted by Crippen LogP contribution is -2.37. The van der Waals surface area contributed by atoms with Crippen molar-refractivity contribution in [3.63, 3.8) is 0 Å². The monoisotopic (exact) mass is 448 g/mol. The number of aromatic carboxylic acids is 1. The van der Waals surface area contributed by atoms with Gasteiger partial charge in [-0.2, -0.15) is 0 Å². The third-order valence-corrected chi connectivity index (χ3v) is 4.34. The number of para-hydroxylation sites is 1. The third kappa shape index (κ3) is 6.36. The summed E-state index contributed by atoms with van der Waals surface area (Å²) in [7, 11) is 1.45. The number of imide groups is 1. The van der Waals surface area contributed by atoms with E-state index in [1.165, 1.54) is 37.4 Å². The molecule has 2 N–H and O–H groups in total. The molecule has 2 aromatic carbocycles. The third-order valence-electron chi connectivity index (χ3n) is 4.34. The Morgan fingerprint density at radius 1 is 1.09 bits per heavy atom. The Balaban J connectivity index is 2.13. The summed E-state index contributed by atoms with van der Waals surface area (Å²) in [5, 5.41) is 11.6. The lowest BCUT2D eigenvalue weighted by atomic mass is 10.1. The van der Waals surface area contributed by atoms with Crippen molar-refractivity contribution < 1.29 is 33.8 Å². The minimum atomic E-state index is -1.29. The summed E-state index contributed by atoms with van der Waals surface area (Å²) in [6.07, 6.45) is 10.4. The Bertz CT molecular complexity index is 1160. The zero-order valence-corrected chi connectivity index (χ0v) is 17.7. The van der Waals surface area contributed by atoms with Gasteiger partial charge in [0.15, 0.2) is 0 Å². The van der Waals surface area contributed by atoms with Crippen LogP contribution in [0.2, 0.25) is 0 Å². The quantitative estimate of drug-likeness (QED) is 0.445. The zero-order chi connectivity index (χ0) is 24.4. The highest BCUT2D eigenvalue weighted by atomic mass is 16.5. The highest BCUT2D eigenvalue weighted by Crippen LogP contribution is 2.29. The van der Waals surface area contributed by atoms with Gasteiger partial charge in [0.1, 0.15) is 11.5 Å². The molecule has 0 aliphatic carbocycles. The number of carboxylic acids is 1. The molecule has 0 fully saturated rings. The number of amides is 3. The highest BCUT2D eigenvalue weighted by Gasteiger charge is 2.22. The SMILES string of the molecule is C#CC(=O)Nc1c(OCCCN(C(=O)C#C)C(=O)c2cccc(OC)c2)cccc1C(=O)O. The molecule has 0 saturated carbocycles. The van der Waals surface area contributed by atoms with E-state index in [4.69, 9.17) is 22.3 Å². The normalized spacial score (nSPS) is 9.67. The molecule has 0 aromatic heterocycles. The van der Waals surface area contributed by atoms with Crippen molar-refractivity contribution in [3.8, 4) is 36.2 Å². The minimum Gasteiger partial charge on any atom is -0.497 e. The van der Waals surface area contributed by atoms with Crippen LogP contribution in [0.3, 0.4) is 0 Å². The average Bonchev–Trinajstić information content (AvgIpc) is 2.83. The van der Waals surface area contributed by atoms with Crippen molar-refractivity contribution in [2.45, 2.75) is 6.42 Å². The van der Waals surface area contributed by atoms with Crippen LogP contribution in [0, 0.1) is 24.7 Å². The number of methoxy groups -OCH3 is 1. The molecule has 3 amide bonds. The molecule has 2 aromatic rings. The van der Waals surface area contributed by atoms with Crippen molar-refractivity contribution in [3.05, 3.63) is 53.6 Å². The van der Waals surface area contributed by atoms with Gasteiger partial charge in [-0.25, -0.2) is 4.79 Å². The van der Waals surface area contributed by atoms with E-state index in [9.17, 15) is 24.3 Å². The maximum atomic E-state index is 12.8. The van der Waals surface area contributed by atoms with Gasteiger partial charge in [0, 0.05) is 12.1 Å². The van der Waals surface area contributed by atoms with E-state index in [0.717, 1.165) is 4.90 Å². The highest BCUT2D eigenvalue weighted by molar-refractivity contribution is 6.10. The Morgan fingerprint density at radius 3 is 2.45 bits per heavy atom. The summed E-state index contributed by atoms with van der Waals surface area (Å²) < 4.78 is 10.7. The van der Waals surface area contributed by atoms with Crippen LogP contribution in [-0.2, 0) is 9.59 Å². The Labute approximate surface area is 190 Å². The fourth-order valence-corrected chi connectivity index (χ4v) is 2.80. The molecular formula is C24H20N2O7. The summed E-state index contributed by atoms with van der Waals surface area (Å²) in [6.45, 7) is -0.0918. The van der Waals surface area contributed by atoms with E-state index in [-0.39, 0.29) is 42.1 Å². The number of nitrogens with one attached hydrogen (secondary N) is 1. The summed E-state index contributed by atoms with van der Waals surface area (Å²) in [5.74, 6) is 0.703. The van der Waals surface area contributed by atoms with E-state index in [1.54, 1.807) is 12.1 Å². The van der Waals surface area contributed by atoms with Crippen molar-refractivity contribution in [2.75, 3.05) is 25.6 Å². The van der Waals surface area contributed by atoms with Gasteiger partial charge in [-0.3, -0.25) is 19.3 Å². The molecule has 9 nitrogen and oxygen atoms in total. The molecule has 0 radical (unpaired) electrons. The first-order chi connectivity index (χ1) is 15.8. The number of nitrogens with zero attached hydrogens (tertiary/aromatic N) is 1. The van der Waals surface area contributed by atoms with Gasteiger partial charge in [-0.05, 0) is 48.6 Å². The van der Waals surface area contributed by atoms with Crippen LogP contribution in [-0.4, -0.2) is 54.0 Å². The van der Waals surface area contributed by atoms with E-state index in [1.807, 2.05) is 11.8 Å². The van der Waals surface area contributed by atoms with Crippen molar-refractivity contribution in [1.82, 2.24) is 4.90 Å². The largest absolute Gasteiger partial charge is 0.497 e. The van der Waals surface area contributed by atoms with Crippen LogP contribution in [0.25, 0.3) is 0 Å². The van der Waals surface area contributed by atoms with Gasteiger partial charge in [0.05, 0.1) is 25.0 Å². The number of ether oxygens (including phenoxy) is 2. The van der Waals surface area contributed by atoms with E-state index >= 15 is 0 Å². The summed E-state index contributed by atoms with van der Waals surface area (Å²) in [6, 6.07) is 10.4. The summed E-state index contributed by atoms with van der Waals surface area (Å²) >= 11 is 0. The van der Waals surface area contributed by atoms with Gasteiger partial charge in [0.25, 0.3) is 11.8 Å². The number of carbonyl (C=O) groups is 4. The van der Waals surface area contributed by atoms with Crippen LogP contribution in [0.4, 0.5) is 5.69 Å². The lowest BCUT2D eigenvalue weighted by Gasteiger charge is -2.19. The van der Waals surface area contributed by atoms with Gasteiger partial charge in [-0.1, -0.05) is 12.1 Å². The topological polar surface area (TPSA) is 122 Å². The van der Waals surface area contributed by atoms with Gasteiger partial charge in [0.2, 0.25) is 0 Å². The lowest BCUT2D eigenvalue weighted by molar-refractivity contribution is -0.122. The number of carbonyl (C=O) groups excluding carboxylic acids is 3. The molecule has 0 saturated heterocycles. The molecule has 0 aliphatic rings. The number of terminal acetylenes is 2. The number of anilines is 1. The van der Waals surface area contributed by atoms with Gasteiger partial charge < -0.3 is 19.9 Å². The molecule has 0 heterocycles. The predicted molar refractivity (Wildman–Crippen MR) is 119 cm³/mol. The molecular weight excluding hydrogens is 428 g/mol. The average molecular weight is 448 g/mol. The van der Waals surface area contributed by atoms with Gasteiger partial charge >= 0.3 is 11.9 Å². The molecule has 0 atom stereocenters. The minimum absolute atomic E-state index is 0.0261. The van der Waals surface area contributed by atoms with Gasteiger partial charge in [-0.15, -0.1) is 12.8 Å². The van der Waals surface area contributed by atoms with Crippen LogP contribution >= 0.6 is 0 Å². The number of benzene rings is 2. The van der Waals surface area contributed by atoms with Crippen molar-refractivity contribution >= 4 is 29.4 Å². The van der Waals surface area contributed by atoms with E-state index in [0.29, 0.717) is 5.75 Å². The number of hydrogen-bond donors (Lipinski definition) is 2. The summed E-state index contributed by atoms with van der Waals surface area (Å²) in [4.78, 5) is 48.9. The van der Waals surface area contributed by atoms with Crippen LogP contribution in [0.1, 0.15) is 27.1 Å². The Kier molecular flexibility index (Phi) is 8.60. The molecule has 0 bridgehead atoms. The first-order valence-electron chi connectivity index (χ1n) is 9.55. The second-order valence-corrected chi connectivity index (χ2v) is 6.42. The molecule has 0 unspecified atom stereocenters. The molecule has 2 rings (SSSR count). The van der Waals surface area contributed by atoms with Crippen LogP contribution in [0.15, 0.2) is 42.5 Å². The maximum Gasteiger partial charge on any atom is 0.337 e. The number of rotatable bonds is 9.